The molecule has 1 aromatic heterocycles. The highest BCUT2D eigenvalue weighted by atomic mass is 19.1. The monoisotopic (exact) mass is 500 g/mol. The van der Waals surface area contributed by atoms with Crippen molar-refractivity contribution in [2.75, 3.05) is 31.6 Å². The molecule has 0 unspecified atom stereocenters. The molecule has 0 spiro atoms. The molecule has 0 saturated carbocycles. The first kappa shape index (κ1) is 24.2. The van der Waals surface area contributed by atoms with Crippen LogP contribution in [0.2, 0.25) is 0 Å². The lowest BCUT2D eigenvalue weighted by Gasteiger charge is -2.26. The fourth-order valence-corrected chi connectivity index (χ4v) is 3.98. The maximum Gasteiger partial charge on any atom is 0.299 e. The number of nitrogens with zero attached hydrogens (tertiary/aromatic N) is 3. The molecule has 1 aliphatic rings. The lowest BCUT2D eigenvalue weighted by molar-refractivity contribution is 0.0303. The number of benzene rings is 3. The summed E-state index contributed by atoms with van der Waals surface area (Å²) in [6.07, 6.45) is 1.44. The molecule has 1 N–H and O–H groups in total. The second kappa shape index (κ2) is 10.6. The number of hydrogen-bond donors (Lipinski definition) is 1. The highest BCUT2D eigenvalue weighted by molar-refractivity contribution is 5.94. The molecule has 0 aliphatic carbocycles. The first-order valence-electron chi connectivity index (χ1n) is 11.9. The third-order valence-electron chi connectivity index (χ3n) is 6.03. The second-order valence-corrected chi connectivity index (χ2v) is 8.55. The number of halogens is 1. The summed E-state index contributed by atoms with van der Waals surface area (Å²) in [6, 6.07) is 19.8. The molecular formula is C28H25FN4O4. The van der Waals surface area contributed by atoms with Crippen molar-refractivity contribution in [1.82, 2.24) is 14.7 Å². The second-order valence-electron chi connectivity index (χ2n) is 8.55. The summed E-state index contributed by atoms with van der Waals surface area (Å²) in [5, 5.41) is 7.38. The van der Waals surface area contributed by atoms with Gasteiger partial charge in [-0.05, 0) is 67.1 Å². The number of amides is 1. The van der Waals surface area contributed by atoms with Gasteiger partial charge in [0, 0.05) is 24.3 Å². The molecule has 188 valence electrons. The minimum Gasteiger partial charge on any atom is -0.453 e. The van der Waals surface area contributed by atoms with Crippen LogP contribution in [0.25, 0.3) is 5.69 Å². The van der Waals surface area contributed by atoms with Gasteiger partial charge in [0.05, 0.1) is 25.1 Å². The van der Waals surface area contributed by atoms with Gasteiger partial charge in [-0.25, -0.2) is 4.39 Å². The van der Waals surface area contributed by atoms with E-state index in [0.29, 0.717) is 49.0 Å². The lowest BCUT2D eigenvalue weighted by Crippen LogP contribution is -2.40. The highest BCUT2D eigenvalue weighted by Gasteiger charge is 2.19. The Kier molecular flexibility index (Phi) is 6.96. The van der Waals surface area contributed by atoms with Gasteiger partial charge >= 0.3 is 0 Å². The topological polar surface area (TPSA) is 85.7 Å². The number of morpholine rings is 1. The van der Waals surface area contributed by atoms with Crippen LogP contribution in [0.5, 0.6) is 11.5 Å². The number of para-hydroxylation sites is 1. The van der Waals surface area contributed by atoms with Gasteiger partial charge in [0.25, 0.3) is 11.5 Å². The summed E-state index contributed by atoms with van der Waals surface area (Å²) in [5.41, 5.74) is 2.09. The van der Waals surface area contributed by atoms with Crippen LogP contribution in [0, 0.1) is 12.7 Å². The van der Waals surface area contributed by atoms with Crippen molar-refractivity contribution in [3.8, 4) is 17.2 Å². The normalized spacial score (nSPS) is 13.3. The Hall–Kier alpha value is -4.50. The van der Waals surface area contributed by atoms with E-state index in [1.807, 2.05) is 25.1 Å². The van der Waals surface area contributed by atoms with Crippen LogP contribution in [-0.2, 0) is 4.74 Å². The van der Waals surface area contributed by atoms with E-state index in [2.05, 4.69) is 10.4 Å². The van der Waals surface area contributed by atoms with E-state index in [1.165, 1.54) is 35.1 Å². The molecule has 0 bridgehead atoms. The minimum atomic E-state index is -0.480. The molecule has 37 heavy (non-hydrogen) atoms. The van der Waals surface area contributed by atoms with Crippen LogP contribution in [0.3, 0.4) is 0 Å². The number of aromatic nitrogens is 2. The number of rotatable bonds is 6. The molecule has 1 aliphatic heterocycles. The Morgan fingerprint density at radius 2 is 1.68 bits per heavy atom. The number of carbonyl (C=O) groups is 1. The zero-order chi connectivity index (χ0) is 25.8. The molecule has 1 saturated heterocycles. The van der Waals surface area contributed by atoms with Crippen molar-refractivity contribution in [3.05, 3.63) is 106 Å². The van der Waals surface area contributed by atoms with Crippen LogP contribution in [-0.4, -0.2) is 46.9 Å². The van der Waals surface area contributed by atoms with E-state index in [4.69, 9.17) is 9.47 Å². The van der Waals surface area contributed by atoms with Gasteiger partial charge in [-0.3, -0.25) is 9.59 Å². The van der Waals surface area contributed by atoms with Gasteiger partial charge < -0.3 is 19.7 Å². The Morgan fingerprint density at radius 3 is 2.38 bits per heavy atom. The molecule has 8 nitrogen and oxygen atoms in total. The summed E-state index contributed by atoms with van der Waals surface area (Å²) in [6.45, 7) is 4.06. The van der Waals surface area contributed by atoms with Gasteiger partial charge in [0.1, 0.15) is 11.6 Å². The Morgan fingerprint density at radius 1 is 0.973 bits per heavy atom. The van der Waals surface area contributed by atoms with Crippen molar-refractivity contribution in [3.63, 3.8) is 0 Å². The van der Waals surface area contributed by atoms with Crippen LogP contribution in [0.4, 0.5) is 15.8 Å². The molecule has 0 radical (unpaired) electrons. The molecule has 3 aromatic carbocycles. The first-order valence-corrected chi connectivity index (χ1v) is 11.9. The van der Waals surface area contributed by atoms with E-state index in [9.17, 15) is 14.0 Å². The number of ether oxygens (including phenoxy) is 2. The Balaban J connectivity index is 1.48. The fraction of sp³-hybridized carbons (Fsp3) is 0.179. The van der Waals surface area contributed by atoms with E-state index < -0.39 is 11.4 Å². The molecule has 0 atom stereocenters. The Labute approximate surface area is 212 Å². The zero-order valence-corrected chi connectivity index (χ0v) is 20.2. The maximum atomic E-state index is 13.5. The first-order chi connectivity index (χ1) is 18.0. The number of nitrogens with one attached hydrogen (secondary N) is 1. The van der Waals surface area contributed by atoms with Crippen LogP contribution in [0.15, 0.2) is 83.8 Å². The van der Waals surface area contributed by atoms with Crippen molar-refractivity contribution in [2.24, 2.45) is 0 Å². The maximum absolute atomic E-state index is 13.5. The van der Waals surface area contributed by atoms with E-state index in [1.54, 1.807) is 35.2 Å². The summed E-state index contributed by atoms with van der Waals surface area (Å²) < 4.78 is 26.0. The Bertz CT molecular complexity index is 1460. The zero-order valence-electron chi connectivity index (χ0n) is 20.2. The summed E-state index contributed by atoms with van der Waals surface area (Å²) in [5.74, 6) is 0.325. The van der Waals surface area contributed by atoms with Gasteiger partial charge in [-0.15, -0.1) is 0 Å². The van der Waals surface area contributed by atoms with E-state index >= 15 is 0 Å². The average Bonchev–Trinajstić information content (AvgIpc) is 2.93. The highest BCUT2D eigenvalue weighted by Crippen LogP contribution is 2.30. The summed E-state index contributed by atoms with van der Waals surface area (Å²) in [7, 11) is 0. The third kappa shape index (κ3) is 5.36. The lowest BCUT2D eigenvalue weighted by atomic mass is 10.1. The quantitative estimate of drug-likeness (QED) is 0.414. The third-order valence-corrected chi connectivity index (χ3v) is 6.03. The summed E-state index contributed by atoms with van der Waals surface area (Å²) in [4.78, 5) is 28.1. The van der Waals surface area contributed by atoms with E-state index in [-0.39, 0.29) is 17.3 Å². The number of aryl methyl sites for hydroxylation is 1. The molecule has 1 amide bonds. The summed E-state index contributed by atoms with van der Waals surface area (Å²) >= 11 is 0. The molecule has 5 rings (SSSR count). The van der Waals surface area contributed by atoms with Gasteiger partial charge in [0.15, 0.2) is 11.4 Å². The van der Waals surface area contributed by atoms with E-state index in [0.717, 1.165) is 5.56 Å². The SMILES string of the molecule is Cc1ccccc1Oc1cnn(-c2ccc(F)cc2)c(=O)c1Nc1ccc(C(=O)N2CCOCC2)cc1. The predicted molar refractivity (Wildman–Crippen MR) is 137 cm³/mol. The molecule has 4 aromatic rings. The van der Waals surface area contributed by atoms with Crippen molar-refractivity contribution in [2.45, 2.75) is 6.92 Å². The minimum absolute atomic E-state index is 0.0685. The van der Waals surface area contributed by atoms with Crippen molar-refractivity contribution >= 4 is 17.3 Å². The predicted octanol–water partition coefficient (Wildman–Crippen LogP) is 4.69. The fourth-order valence-electron chi connectivity index (χ4n) is 3.98. The van der Waals surface area contributed by atoms with Gasteiger partial charge in [-0.2, -0.15) is 9.78 Å². The number of hydrogen-bond acceptors (Lipinski definition) is 6. The molecule has 2 heterocycles. The molecule has 9 heteroatoms. The van der Waals surface area contributed by atoms with Gasteiger partial charge in [0.2, 0.25) is 0 Å². The van der Waals surface area contributed by atoms with Crippen LogP contribution in [0.1, 0.15) is 15.9 Å². The van der Waals surface area contributed by atoms with Gasteiger partial charge in [-0.1, -0.05) is 18.2 Å². The average molecular weight is 501 g/mol. The van der Waals surface area contributed by atoms with Crippen LogP contribution >= 0.6 is 0 Å². The number of anilines is 2. The van der Waals surface area contributed by atoms with Crippen LogP contribution < -0.4 is 15.6 Å². The molecular weight excluding hydrogens is 475 g/mol. The number of carbonyl (C=O) groups excluding carboxylic acids is 1. The smallest absolute Gasteiger partial charge is 0.299 e. The largest absolute Gasteiger partial charge is 0.453 e. The van der Waals surface area contributed by atoms with Crippen molar-refractivity contribution in [1.29, 1.82) is 0 Å². The molecule has 1 fully saturated rings. The van der Waals surface area contributed by atoms with Crippen molar-refractivity contribution < 1.29 is 18.7 Å². The standard InChI is InChI=1S/C28H25FN4O4/c1-19-4-2-3-5-24(19)37-25-18-30-33(23-12-8-21(29)9-13-23)28(35)26(25)31-22-10-6-20(7-11-22)27(34)32-14-16-36-17-15-32/h2-13,18,31H,14-17H2,1H3.